The van der Waals surface area contributed by atoms with Gasteiger partial charge in [0.15, 0.2) is 21.3 Å². The number of rotatable bonds is 5. The molecule has 0 unspecified atom stereocenters. The van der Waals surface area contributed by atoms with Crippen LogP contribution in [-0.4, -0.2) is 40.5 Å². The Balaban J connectivity index is 2.21. The molecular weight excluding hydrogens is 302 g/mol. The van der Waals surface area contributed by atoms with Crippen LogP contribution in [0.15, 0.2) is 29.7 Å². The van der Waals surface area contributed by atoms with E-state index in [-0.39, 0.29) is 16.0 Å². The van der Waals surface area contributed by atoms with Crippen LogP contribution in [0.25, 0.3) is 0 Å². The van der Waals surface area contributed by atoms with Crippen molar-refractivity contribution in [1.29, 1.82) is 0 Å². The van der Waals surface area contributed by atoms with Gasteiger partial charge < -0.3 is 14.8 Å². The number of hydrogen-bond donors (Lipinski definition) is 1. The lowest BCUT2D eigenvalue weighted by Crippen LogP contribution is -2.38. The van der Waals surface area contributed by atoms with Gasteiger partial charge in [0, 0.05) is 25.4 Å². The topological polar surface area (TPSA) is 64.6 Å². The van der Waals surface area contributed by atoms with E-state index in [1.165, 1.54) is 12.1 Å². The van der Waals surface area contributed by atoms with Crippen molar-refractivity contribution >= 4 is 21.4 Å². The van der Waals surface area contributed by atoms with E-state index in [9.17, 15) is 8.42 Å². The predicted octanol–water partition coefficient (Wildman–Crippen LogP) is 1.66. The van der Waals surface area contributed by atoms with Crippen molar-refractivity contribution in [3.8, 4) is 11.5 Å². The summed E-state index contributed by atoms with van der Waals surface area (Å²) in [6.07, 6.45) is 2.67. The Labute approximate surface area is 123 Å². The largest absolute Gasteiger partial charge is 0.484 e. The van der Waals surface area contributed by atoms with E-state index in [0.717, 1.165) is 6.26 Å². The smallest absolute Gasteiger partial charge is 0.180 e. The molecule has 0 saturated carbocycles. The van der Waals surface area contributed by atoms with E-state index in [1.807, 2.05) is 0 Å². The predicted molar refractivity (Wildman–Crippen MR) is 77.5 cm³/mol. The lowest BCUT2D eigenvalue weighted by Gasteiger charge is -2.27. The molecule has 1 atom stereocenters. The highest BCUT2D eigenvalue weighted by Crippen LogP contribution is 2.40. The maximum Gasteiger partial charge on any atom is 0.180 e. The molecule has 0 aliphatic carbocycles. The fraction of sp³-hybridized carbons (Fsp3) is 0.385. The van der Waals surface area contributed by atoms with Crippen molar-refractivity contribution in [2.45, 2.75) is 11.0 Å². The molecule has 0 bridgehead atoms. The van der Waals surface area contributed by atoms with E-state index in [4.69, 9.17) is 21.1 Å². The van der Waals surface area contributed by atoms with Crippen LogP contribution < -0.4 is 14.8 Å². The zero-order valence-corrected chi connectivity index (χ0v) is 12.6. The fourth-order valence-electron chi connectivity index (χ4n) is 1.82. The average molecular weight is 318 g/mol. The summed E-state index contributed by atoms with van der Waals surface area (Å²) >= 11 is 6.03. The van der Waals surface area contributed by atoms with Crippen molar-refractivity contribution in [3.05, 3.63) is 29.8 Å². The molecule has 20 heavy (non-hydrogen) atoms. The van der Waals surface area contributed by atoms with Gasteiger partial charge in [-0.2, -0.15) is 0 Å². The van der Waals surface area contributed by atoms with Crippen molar-refractivity contribution < 1.29 is 17.9 Å². The van der Waals surface area contributed by atoms with Gasteiger partial charge in [0.2, 0.25) is 0 Å². The molecule has 0 fully saturated rings. The molecule has 0 radical (unpaired) electrons. The summed E-state index contributed by atoms with van der Waals surface area (Å²) in [7, 11) is -3.35. The van der Waals surface area contributed by atoms with Crippen LogP contribution in [0.1, 0.15) is 0 Å². The van der Waals surface area contributed by atoms with Gasteiger partial charge in [0.25, 0.3) is 0 Å². The maximum absolute atomic E-state index is 11.6. The second-order valence-corrected chi connectivity index (χ2v) is 6.93. The number of fused-ring (bicyclic) bond motifs is 1. The molecule has 7 heteroatoms. The van der Waals surface area contributed by atoms with Gasteiger partial charge in [-0.25, -0.2) is 8.42 Å². The summed E-state index contributed by atoms with van der Waals surface area (Å²) in [5.74, 6) is 0.744. The number of halogens is 1. The molecule has 0 saturated heterocycles. The molecular formula is C13H16ClNO4S. The second kappa shape index (κ2) is 6.03. The molecule has 0 spiro atoms. The standard InChI is InChI=1S/C13H16ClNO4S/c1-3-4-15-7-9-8-18-13-11(14)5-10(20(2,16)17)6-12(13)19-9/h3,5-6,9,15H,1,4,7-8H2,2H3/t9-/m0/s1. The first kappa shape index (κ1) is 15.2. The number of nitrogens with one attached hydrogen (secondary N) is 1. The normalized spacial score (nSPS) is 17.8. The molecule has 1 aliphatic rings. The van der Waals surface area contributed by atoms with E-state index in [2.05, 4.69) is 11.9 Å². The Morgan fingerprint density at radius 1 is 1.55 bits per heavy atom. The molecule has 5 nitrogen and oxygen atoms in total. The van der Waals surface area contributed by atoms with Crippen molar-refractivity contribution in [3.63, 3.8) is 0 Å². The minimum atomic E-state index is -3.35. The minimum absolute atomic E-state index is 0.115. The Morgan fingerprint density at radius 3 is 2.95 bits per heavy atom. The third kappa shape index (κ3) is 3.45. The summed E-state index contributed by atoms with van der Waals surface area (Å²) in [4.78, 5) is 0.115. The molecule has 110 valence electrons. The van der Waals surface area contributed by atoms with Crippen LogP contribution >= 0.6 is 11.6 Å². The van der Waals surface area contributed by atoms with Crippen LogP contribution in [0, 0.1) is 0 Å². The third-order valence-corrected chi connectivity index (χ3v) is 4.15. The molecule has 1 N–H and O–H groups in total. The molecule has 1 aromatic rings. The summed E-state index contributed by atoms with van der Waals surface area (Å²) in [5, 5.41) is 3.36. The Bertz CT molecular complexity index is 615. The van der Waals surface area contributed by atoms with Crippen molar-refractivity contribution in [2.75, 3.05) is 26.0 Å². The molecule has 0 amide bonds. The number of sulfone groups is 1. The monoisotopic (exact) mass is 317 g/mol. The summed E-state index contributed by atoms with van der Waals surface area (Å²) < 4.78 is 34.4. The van der Waals surface area contributed by atoms with Crippen LogP contribution in [0.3, 0.4) is 0 Å². The highest BCUT2D eigenvalue weighted by atomic mass is 35.5. The molecule has 1 heterocycles. The Kier molecular flexibility index (Phi) is 4.57. The van der Waals surface area contributed by atoms with Gasteiger partial charge in [0.1, 0.15) is 12.7 Å². The van der Waals surface area contributed by atoms with Gasteiger partial charge in [-0.05, 0) is 6.07 Å². The van der Waals surface area contributed by atoms with E-state index < -0.39 is 9.84 Å². The third-order valence-electron chi connectivity index (χ3n) is 2.78. The van der Waals surface area contributed by atoms with E-state index >= 15 is 0 Å². The first-order valence-electron chi connectivity index (χ1n) is 6.06. The van der Waals surface area contributed by atoms with Crippen LogP contribution in [0.4, 0.5) is 0 Å². The first-order chi connectivity index (χ1) is 9.41. The van der Waals surface area contributed by atoms with Crippen LogP contribution in [0.5, 0.6) is 11.5 Å². The number of benzene rings is 1. The second-order valence-electron chi connectivity index (χ2n) is 4.50. The van der Waals surface area contributed by atoms with Crippen LogP contribution in [-0.2, 0) is 9.84 Å². The highest BCUT2D eigenvalue weighted by Gasteiger charge is 2.25. The average Bonchev–Trinajstić information content (AvgIpc) is 2.37. The first-order valence-corrected chi connectivity index (χ1v) is 8.33. The van der Waals surface area contributed by atoms with Gasteiger partial charge in [-0.1, -0.05) is 17.7 Å². The molecule has 1 aliphatic heterocycles. The lowest BCUT2D eigenvalue weighted by molar-refractivity contribution is 0.0909. The molecule has 0 aromatic heterocycles. The maximum atomic E-state index is 11.6. The zero-order chi connectivity index (χ0) is 14.8. The molecule has 2 rings (SSSR count). The quantitative estimate of drug-likeness (QED) is 0.661. The highest BCUT2D eigenvalue weighted by molar-refractivity contribution is 7.90. The van der Waals surface area contributed by atoms with Crippen molar-refractivity contribution in [2.24, 2.45) is 0 Å². The number of ether oxygens (including phenoxy) is 2. The minimum Gasteiger partial charge on any atom is -0.484 e. The zero-order valence-electron chi connectivity index (χ0n) is 11.1. The lowest BCUT2D eigenvalue weighted by atomic mass is 10.2. The Hall–Kier alpha value is -1.24. The van der Waals surface area contributed by atoms with Gasteiger partial charge >= 0.3 is 0 Å². The summed E-state index contributed by atoms with van der Waals surface area (Å²) in [6.45, 7) is 5.21. The summed E-state index contributed by atoms with van der Waals surface area (Å²) in [5.41, 5.74) is 0. The number of hydrogen-bond acceptors (Lipinski definition) is 5. The fourth-order valence-corrected chi connectivity index (χ4v) is 2.81. The van der Waals surface area contributed by atoms with Crippen molar-refractivity contribution in [1.82, 2.24) is 5.32 Å². The van der Waals surface area contributed by atoms with Gasteiger partial charge in [0.05, 0.1) is 9.92 Å². The van der Waals surface area contributed by atoms with E-state index in [0.29, 0.717) is 31.2 Å². The SMILES string of the molecule is C=CCNC[C@H]1COc2c(Cl)cc(S(C)(=O)=O)cc2O1. The van der Waals surface area contributed by atoms with Gasteiger partial charge in [-0.15, -0.1) is 6.58 Å². The Morgan fingerprint density at radius 2 is 2.30 bits per heavy atom. The van der Waals surface area contributed by atoms with Gasteiger partial charge in [-0.3, -0.25) is 0 Å². The summed E-state index contributed by atoms with van der Waals surface area (Å²) in [6, 6.07) is 2.81. The van der Waals surface area contributed by atoms with Crippen LogP contribution in [0.2, 0.25) is 5.02 Å². The molecule has 1 aromatic carbocycles. The van der Waals surface area contributed by atoms with E-state index in [1.54, 1.807) is 6.08 Å².